The summed E-state index contributed by atoms with van der Waals surface area (Å²) in [7, 11) is 0. The van der Waals surface area contributed by atoms with Crippen LogP contribution in [0.5, 0.6) is 0 Å². The third kappa shape index (κ3) is 3.00. The fraction of sp³-hybridized carbons (Fsp3) is 0.600. The number of aromatic carboxylic acids is 1. The fourth-order valence-corrected chi connectivity index (χ4v) is 2.40. The number of rotatable bonds is 5. The highest BCUT2D eigenvalue weighted by molar-refractivity contribution is 7.13. The third-order valence-electron chi connectivity index (χ3n) is 2.43. The summed E-state index contributed by atoms with van der Waals surface area (Å²) in [5, 5.41) is 11.6. The van der Waals surface area contributed by atoms with Crippen molar-refractivity contribution >= 4 is 17.3 Å². The van der Waals surface area contributed by atoms with Gasteiger partial charge in [0.2, 0.25) is 0 Å². The minimum Gasteiger partial charge on any atom is -0.544 e. The van der Waals surface area contributed by atoms with Crippen molar-refractivity contribution in [2.24, 2.45) is 0 Å². The number of aromatic nitrogens is 1. The molecule has 1 rings (SSSR count). The number of carboxylic acid groups (broad SMARTS) is 1. The molecule has 0 aliphatic carbocycles. The van der Waals surface area contributed by atoms with Crippen LogP contribution in [0.3, 0.4) is 0 Å². The van der Waals surface area contributed by atoms with Crippen molar-refractivity contribution in [3.05, 3.63) is 15.6 Å². The van der Waals surface area contributed by atoms with Crippen molar-refractivity contribution in [1.82, 2.24) is 4.98 Å². The minimum absolute atomic E-state index is 0.261. The number of nitrogens with one attached hydrogen (secondary N) is 1. The number of thiazole rings is 1. The number of carbonyl (C=O) groups is 1. The first-order chi connectivity index (χ1) is 7.08. The lowest BCUT2D eigenvalue weighted by Crippen LogP contribution is -3.10. The highest BCUT2D eigenvalue weighted by atomic mass is 32.1. The minimum atomic E-state index is -1.12. The highest BCUT2D eigenvalue weighted by Crippen LogP contribution is 2.16. The largest absolute Gasteiger partial charge is 0.544 e. The summed E-state index contributed by atoms with van der Waals surface area (Å²) in [6.07, 6.45) is 0. The normalized spacial score (nSPS) is 10.9. The molecule has 0 spiro atoms. The SMILES string of the molecule is CC[NH+](CC)Cc1nc(C)c(C(=O)[O-])s1. The molecule has 0 unspecified atom stereocenters. The van der Waals surface area contributed by atoms with E-state index in [1.165, 1.54) is 16.2 Å². The highest BCUT2D eigenvalue weighted by Gasteiger charge is 2.12. The quantitative estimate of drug-likeness (QED) is 0.721. The standard InChI is InChI=1S/C10H16N2O2S/c1-4-12(5-2)6-8-11-7(3)9(15-8)10(13)14/h4-6H2,1-3H3,(H,13,14). The Balaban J connectivity index is 2.79. The van der Waals surface area contributed by atoms with E-state index in [4.69, 9.17) is 0 Å². The van der Waals surface area contributed by atoms with Crippen molar-refractivity contribution in [3.8, 4) is 0 Å². The molecule has 15 heavy (non-hydrogen) atoms. The molecule has 1 aromatic heterocycles. The van der Waals surface area contributed by atoms with E-state index >= 15 is 0 Å². The van der Waals surface area contributed by atoms with E-state index in [2.05, 4.69) is 18.8 Å². The summed E-state index contributed by atoms with van der Waals surface area (Å²) >= 11 is 1.23. The van der Waals surface area contributed by atoms with Crippen molar-refractivity contribution in [3.63, 3.8) is 0 Å². The van der Waals surface area contributed by atoms with Gasteiger partial charge in [0.15, 0.2) is 0 Å². The van der Waals surface area contributed by atoms with Gasteiger partial charge in [-0.25, -0.2) is 4.98 Å². The zero-order valence-electron chi connectivity index (χ0n) is 9.29. The van der Waals surface area contributed by atoms with Gasteiger partial charge < -0.3 is 14.8 Å². The van der Waals surface area contributed by atoms with Crippen molar-refractivity contribution in [1.29, 1.82) is 0 Å². The first kappa shape index (κ1) is 12.1. The Morgan fingerprint density at radius 2 is 2.07 bits per heavy atom. The van der Waals surface area contributed by atoms with Crippen LogP contribution >= 0.6 is 11.3 Å². The van der Waals surface area contributed by atoms with Gasteiger partial charge in [-0.1, -0.05) is 0 Å². The average Bonchev–Trinajstić information content (AvgIpc) is 2.56. The van der Waals surface area contributed by atoms with Crippen molar-refractivity contribution in [2.75, 3.05) is 13.1 Å². The number of hydrogen-bond donors (Lipinski definition) is 1. The molecule has 0 saturated carbocycles. The van der Waals surface area contributed by atoms with Gasteiger partial charge in [0.05, 0.1) is 29.6 Å². The Labute approximate surface area is 93.6 Å². The summed E-state index contributed by atoms with van der Waals surface area (Å²) in [5.41, 5.74) is 0.571. The van der Waals surface area contributed by atoms with E-state index in [9.17, 15) is 9.90 Å². The van der Waals surface area contributed by atoms with Crippen LogP contribution in [0.25, 0.3) is 0 Å². The van der Waals surface area contributed by atoms with Gasteiger partial charge in [-0.15, -0.1) is 11.3 Å². The molecule has 0 amide bonds. The van der Waals surface area contributed by atoms with E-state index in [0.29, 0.717) is 5.69 Å². The van der Waals surface area contributed by atoms with Crippen molar-refractivity contribution in [2.45, 2.75) is 27.3 Å². The van der Waals surface area contributed by atoms with Gasteiger partial charge in [-0.3, -0.25) is 0 Å². The first-order valence-electron chi connectivity index (χ1n) is 5.09. The molecular formula is C10H16N2O2S. The Bertz CT molecular complexity index is 345. The van der Waals surface area contributed by atoms with Gasteiger partial charge >= 0.3 is 0 Å². The predicted octanol–water partition coefficient (Wildman–Crippen LogP) is -0.760. The molecule has 0 radical (unpaired) electrons. The maximum Gasteiger partial charge on any atom is 0.148 e. The molecule has 0 bridgehead atoms. The average molecular weight is 228 g/mol. The van der Waals surface area contributed by atoms with Crippen LogP contribution in [0.4, 0.5) is 0 Å². The number of nitrogens with zero attached hydrogens (tertiary/aromatic N) is 1. The fourth-order valence-electron chi connectivity index (χ4n) is 1.43. The number of hydrogen-bond acceptors (Lipinski definition) is 4. The lowest BCUT2D eigenvalue weighted by Gasteiger charge is -2.12. The summed E-state index contributed by atoms with van der Waals surface area (Å²) in [4.78, 5) is 16.6. The molecule has 0 fully saturated rings. The van der Waals surface area contributed by atoms with Gasteiger partial charge in [0.25, 0.3) is 0 Å². The zero-order chi connectivity index (χ0) is 11.4. The second kappa shape index (κ2) is 5.23. The smallest absolute Gasteiger partial charge is 0.148 e. The molecule has 0 aliphatic rings. The van der Waals surface area contributed by atoms with Crippen LogP contribution in [-0.4, -0.2) is 24.0 Å². The van der Waals surface area contributed by atoms with E-state index in [1.54, 1.807) is 6.92 Å². The number of quaternary nitrogens is 1. The first-order valence-corrected chi connectivity index (χ1v) is 5.91. The predicted molar refractivity (Wildman–Crippen MR) is 56.9 cm³/mol. The number of aryl methyl sites for hydroxylation is 1. The lowest BCUT2D eigenvalue weighted by molar-refractivity contribution is -0.910. The molecule has 1 aromatic rings. The molecule has 0 aliphatic heterocycles. The summed E-state index contributed by atoms with van der Waals surface area (Å²) in [6.45, 7) is 8.78. The molecular weight excluding hydrogens is 212 g/mol. The zero-order valence-corrected chi connectivity index (χ0v) is 10.1. The Kier molecular flexibility index (Phi) is 4.23. The summed E-state index contributed by atoms with van der Waals surface area (Å²) in [5.74, 6) is -1.12. The molecule has 0 aromatic carbocycles. The monoisotopic (exact) mass is 228 g/mol. The van der Waals surface area contributed by atoms with Crippen LogP contribution in [0, 0.1) is 6.92 Å². The van der Waals surface area contributed by atoms with Crippen LogP contribution < -0.4 is 10.0 Å². The van der Waals surface area contributed by atoms with Crippen LogP contribution in [-0.2, 0) is 6.54 Å². The van der Waals surface area contributed by atoms with Crippen LogP contribution in [0.15, 0.2) is 0 Å². The Hall–Kier alpha value is -0.940. The maximum atomic E-state index is 10.7. The van der Waals surface area contributed by atoms with E-state index in [0.717, 1.165) is 24.6 Å². The van der Waals surface area contributed by atoms with Crippen LogP contribution in [0.2, 0.25) is 0 Å². The maximum absolute atomic E-state index is 10.7. The number of carbonyl (C=O) groups excluding carboxylic acids is 1. The van der Waals surface area contributed by atoms with Gasteiger partial charge in [-0.05, 0) is 20.8 Å². The molecule has 1 N–H and O–H groups in total. The Morgan fingerprint density at radius 1 is 1.47 bits per heavy atom. The second-order valence-electron chi connectivity index (χ2n) is 3.44. The van der Waals surface area contributed by atoms with E-state index in [1.807, 2.05) is 0 Å². The lowest BCUT2D eigenvalue weighted by atomic mass is 10.4. The van der Waals surface area contributed by atoms with Crippen molar-refractivity contribution < 1.29 is 14.8 Å². The molecule has 0 saturated heterocycles. The van der Waals surface area contributed by atoms with Gasteiger partial charge in [0.1, 0.15) is 11.6 Å². The Morgan fingerprint density at radius 3 is 2.47 bits per heavy atom. The molecule has 0 atom stereocenters. The molecule has 4 nitrogen and oxygen atoms in total. The van der Waals surface area contributed by atoms with Gasteiger partial charge in [0, 0.05) is 0 Å². The van der Waals surface area contributed by atoms with Gasteiger partial charge in [-0.2, -0.15) is 0 Å². The molecule has 84 valence electrons. The number of carboxylic acids is 1. The topological polar surface area (TPSA) is 57.5 Å². The van der Waals surface area contributed by atoms with Crippen LogP contribution in [0.1, 0.15) is 34.2 Å². The van der Waals surface area contributed by atoms with E-state index < -0.39 is 5.97 Å². The molecule has 5 heteroatoms. The second-order valence-corrected chi connectivity index (χ2v) is 4.53. The summed E-state index contributed by atoms with van der Waals surface area (Å²) < 4.78 is 0. The molecule has 1 heterocycles. The third-order valence-corrected chi connectivity index (χ3v) is 3.56. The van der Waals surface area contributed by atoms with E-state index in [-0.39, 0.29) is 4.88 Å². The summed E-state index contributed by atoms with van der Waals surface area (Å²) in [6, 6.07) is 0.